The first-order chi connectivity index (χ1) is 19.5. The highest BCUT2D eigenvalue weighted by Gasteiger charge is 2.17. The summed E-state index contributed by atoms with van der Waals surface area (Å²) in [7, 11) is 0. The quantitative estimate of drug-likeness (QED) is 0.0840. The van der Waals surface area contributed by atoms with Gasteiger partial charge in [0, 0.05) is 52.0 Å². The van der Waals surface area contributed by atoms with Crippen molar-refractivity contribution in [2.45, 2.75) is 40.2 Å². The SMILES string of the molecule is CCn1c2ccc(C(=O)c3ccccc3C)cc2c2cc(/C(CC/C=C/c3ccccc3)=N/OC(C)=O)ccc21. The number of aromatic nitrogens is 1. The maximum atomic E-state index is 13.4. The van der Waals surface area contributed by atoms with Crippen LogP contribution in [-0.4, -0.2) is 22.0 Å². The number of carbonyl (C=O) groups excluding carboxylic acids is 2. The van der Waals surface area contributed by atoms with Crippen molar-refractivity contribution in [1.82, 2.24) is 4.57 Å². The minimum absolute atomic E-state index is 0.0101. The topological polar surface area (TPSA) is 60.7 Å². The summed E-state index contributed by atoms with van der Waals surface area (Å²) in [5.41, 5.74) is 7.18. The summed E-state index contributed by atoms with van der Waals surface area (Å²) in [6.45, 7) is 6.22. The molecule has 4 aromatic carbocycles. The normalized spacial score (nSPS) is 11.9. The third-order valence-electron chi connectivity index (χ3n) is 7.11. The van der Waals surface area contributed by atoms with Gasteiger partial charge in [0.05, 0.1) is 5.71 Å². The Morgan fingerprint density at radius 2 is 1.50 bits per heavy atom. The van der Waals surface area contributed by atoms with Crippen molar-refractivity contribution in [3.05, 3.63) is 125 Å². The number of hydrogen-bond acceptors (Lipinski definition) is 4. The van der Waals surface area contributed by atoms with Gasteiger partial charge >= 0.3 is 5.97 Å². The van der Waals surface area contributed by atoms with Gasteiger partial charge in [-0.2, -0.15) is 0 Å². The van der Waals surface area contributed by atoms with Crippen LogP contribution in [0.5, 0.6) is 0 Å². The lowest BCUT2D eigenvalue weighted by molar-refractivity contribution is -0.140. The molecule has 5 rings (SSSR count). The van der Waals surface area contributed by atoms with Gasteiger partial charge in [0.2, 0.25) is 0 Å². The Hall–Kier alpha value is -4.77. The van der Waals surface area contributed by atoms with Gasteiger partial charge in [0.15, 0.2) is 5.78 Å². The molecule has 0 atom stereocenters. The van der Waals surface area contributed by atoms with Crippen molar-refractivity contribution < 1.29 is 14.4 Å². The highest BCUT2D eigenvalue weighted by Crippen LogP contribution is 2.32. The second kappa shape index (κ2) is 12.0. The molecule has 0 saturated heterocycles. The zero-order chi connectivity index (χ0) is 28.1. The average molecular weight is 529 g/mol. The van der Waals surface area contributed by atoms with Crippen molar-refractivity contribution in [3.63, 3.8) is 0 Å². The molecule has 0 radical (unpaired) electrons. The van der Waals surface area contributed by atoms with Crippen molar-refractivity contribution in [2.75, 3.05) is 0 Å². The molecule has 0 N–H and O–H groups in total. The summed E-state index contributed by atoms with van der Waals surface area (Å²) in [6.07, 6.45) is 5.52. The summed E-state index contributed by atoms with van der Waals surface area (Å²) < 4.78 is 2.25. The lowest BCUT2D eigenvalue weighted by Crippen LogP contribution is -2.04. The summed E-state index contributed by atoms with van der Waals surface area (Å²) in [5.74, 6) is -0.448. The van der Waals surface area contributed by atoms with E-state index in [0.717, 1.165) is 51.5 Å². The van der Waals surface area contributed by atoms with Crippen molar-refractivity contribution in [1.29, 1.82) is 0 Å². The molecule has 5 aromatic rings. The van der Waals surface area contributed by atoms with Gasteiger partial charge < -0.3 is 9.40 Å². The molecule has 0 amide bonds. The van der Waals surface area contributed by atoms with E-state index in [1.807, 2.05) is 73.7 Å². The van der Waals surface area contributed by atoms with Crippen LogP contribution in [0.15, 0.2) is 102 Å². The van der Waals surface area contributed by atoms with E-state index in [1.54, 1.807) is 0 Å². The Balaban J connectivity index is 1.54. The fourth-order valence-electron chi connectivity index (χ4n) is 5.11. The second-order valence-corrected chi connectivity index (χ2v) is 9.82. The van der Waals surface area contributed by atoms with Crippen molar-refractivity contribution >= 4 is 45.3 Å². The molecular weight excluding hydrogens is 496 g/mol. The molecule has 0 fully saturated rings. The number of benzene rings is 4. The van der Waals surface area contributed by atoms with Gasteiger partial charge in [-0.3, -0.25) is 4.79 Å². The Morgan fingerprint density at radius 3 is 2.17 bits per heavy atom. The smallest absolute Gasteiger partial charge is 0.331 e. The summed E-state index contributed by atoms with van der Waals surface area (Å²) >= 11 is 0. The van der Waals surface area contributed by atoms with Gasteiger partial charge in [-0.15, -0.1) is 0 Å². The molecule has 1 heterocycles. The van der Waals surface area contributed by atoms with Gasteiger partial charge in [-0.05, 0) is 68.1 Å². The van der Waals surface area contributed by atoms with E-state index in [-0.39, 0.29) is 5.78 Å². The first kappa shape index (κ1) is 26.8. The number of nitrogens with zero attached hydrogens (tertiary/aromatic N) is 2. The number of hydrogen-bond donors (Lipinski definition) is 0. The van der Waals surface area contributed by atoms with Crippen LogP contribution < -0.4 is 0 Å². The zero-order valence-corrected chi connectivity index (χ0v) is 23.1. The monoisotopic (exact) mass is 528 g/mol. The van der Waals surface area contributed by atoms with E-state index in [9.17, 15) is 9.59 Å². The van der Waals surface area contributed by atoms with E-state index < -0.39 is 5.97 Å². The second-order valence-electron chi connectivity index (χ2n) is 9.82. The summed E-state index contributed by atoms with van der Waals surface area (Å²) in [6, 6.07) is 29.9. The largest absolute Gasteiger partial charge is 0.341 e. The van der Waals surface area contributed by atoms with Gasteiger partial charge in [0.1, 0.15) is 0 Å². The minimum Gasteiger partial charge on any atom is -0.341 e. The average Bonchev–Trinajstić information content (AvgIpc) is 3.29. The number of carbonyl (C=O) groups is 2. The number of aryl methyl sites for hydroxylation is 2. The molecule has 0 saturated carbocycles. The summed E-state index contributed by atoms with van der Waals surface area (Å²) in [5, 5.41) is 6.26. The fraction of sp³-hybridized carbons (Fsp3) is 0.171. The van der Waals surface area contributed by atoms with Crippen LogP contribution in [0.2, 0.25) is 0 Å². The predicted molar refractivity (Wildman–Crippen MR) is 163 cm³/mol. The number of fused-ring (bicyclic) bond motifs is 3. The molecule has 40 heavy (non-hydrogen) atoms. The molecule has 5 nitrogen and oxygen atoms in total. The molecule has 0 unspecified atom stereocenters. The molecule has 0 aliphatic heterocycles. The standard InChI is InChI=1S/C35H32N2O3/c1-4-37-33-20-18-27(32(36-40-25(3)38)17-11-9-15-26-13-6-5-7-14-26)22-30(33)31-23-28(19-21-34(31)37)35(39)29-16-10-8-12-24(29)2/h5-10,12-16,18-23H,4,11,17H2,1-3H3/b15-9+,36-32+. The van der Waals surface area contributed by atoms with Crippen LogP contribution in [0.1, 0.15) is 59.3 Å². The first-order valence-corrected chi connectivity index (χ1v) is 13.6. The Morgan fingerprint density at radius 1 is 0.850 bits per heavy atom. The number of allylic oxidation sites excluding steroid dienone is 1. The van der Waals surface area contributed by atoms with Gasteiger partial charge in [-0.25, -0.2) is 4.79 Å². The van der Waals surface area contributed by atoms with E-state index in [0.29, 0.717) is 23.3 Å². The van der Waals surface area contributed by atoms with Crippen molar-refractivity contribution in [2.24, 2.45) is 5.16 Å². The van der Waals surface area contributed by atoms with E-state index in [1.165, 1.54) is 6.92 Å². The van der Waals surface area contributed by atoms with E-state index >= 15 is 0 Å². The summed E-state index contributed by atoms with van der Waals surface area (Å²) in [4.78, 5) is 30.1. The maximum absolute atomic E-state index is 13.4. The molecular formula is C35H32N2O3. The van der Waals surface area contributed by atoms with Gasteiger partial charge in [-0.1, -0.05) is 78.0 Å². The van der Waals surface area contributed by atoms with Crippen molar-refractivity contribution in [3.8, 4) is 0 Å². The third kappa shape index (κ3) is 5.64. The lowest BCUT2D eigenvalue weighted by Gasteiger charge is -2.07. The molecule has 0 aliphatic carbocycles. The molecule has 5 heteroatoms. The number of rotatable bonds is 9. The lowest BCUT2D eigenvalue weighted by atomic mass is 9.97. The van der Waals surface area contributed by atoms with Crippen LogP contribution in [0.3, 0.4) is 0 Å². The van der Waals surface area contributed by atoms with Crippen LogP contribution in [-0.2, 0) is 16.2 Å². The van der Waals surface area contributed by atoms with Crippen LogP contribution in [0.25, 0.3) is 27.9 Å². The number of ketones is 1. The van der Waals surface area contributed by atoms with Crippen LogP contribution in [0.4, 0.5) is 0 Å². The van der Waals surface area contributed by atoms with Gasteiger partial charge in [0.25, 0.3) is 0 Å². The molecule has 1 aromatic heterocycles. The zero-order valence-electron chi connectivity index (χ0n) is 23.1. The minimum atomic E-state index is -0.458. The van der Waals surface area contributed by atoms with Crippen LogP contribution >= 0.6 is 0 Å². The number of oxime groups is 1. The molecule has 0 aliphatic rings. The maximum Gasteiger partial charge on any atom is 0.331 e. The highest BCUT2D eigenvalue weighted by molar-refractivity contribution is 6.16. The Bertz CT molecular complexity index is 1760. The van der Waals surface area contributed by atoms with Crippen LogP contribution in [0, 0.1) is 6.92 Å². The third-order valence-corrected chi connectivity index (χ3v) is 7.11. The Kier molecular flexibility index (Phi) is 8.02. The van der Waals surface area contributed by atoms with E-state index in [4.69, 9.17) is 4.84 Å². The molecule has 0 spiro atoms. The predicted octanol–water partition coefficient (Wildman–Crippen LogP) is 8.11. The fourth-order valence-corrected chi connectivity index (χ4v) is 5.11. The molecule has 0 bridgehead atoms. The molecule has 200 valence electrons. The first-order valence-electron chi connectivity index (χ1n) is 13.6. The highest BCUT2D eigenvalue weighted by atomic mass is 16.7. The Labute approximate surface area is 234 Å². The van der Waals surface area contributed by atoms with E-state index in [2.05, 4.69) is 53.1 Å².